The maximum atomic E-state index is 14.6. The third-order valence-corrected chi connectivity index (χ3v) is 13.6. The highest BCUT2D eigenvalue weighted by atomic mass is 16.5. The first kappa shape index (κ1) is 60.4. The number of aliphatic hydroxyl groups excluding tert-OH is 1. The Labute approximate surface area is 447 Å². The first-order chi connectivity index (χ1) is 36.5. The van der Waals surface area contributed by atoms with E-state index in [-0.39, 0.29) is 80.2 Å². The van der Waals surface area contributed by atoms with Crippen LogP contribution in [0.15, 0.2) is 46.9 Å². The summed E-state index contributed by atoms with van der Waals surface area (Å²) in [5.41, 5.74) is 0.862. The molecule has 1 aromatic heterocycles. The van der Waals surface area contributed by atoms with Gasteiger partial charge < -0.3 is 71.0 Å². The van der Waals surface area contributed by atoms with Crippen LogP contribution in [0.25, 0.3) is 11.0 Å². The molecule has 24 heteroatoms. The molecule has 2 aromatic carbocycles. The number of likely N-dealkylation sites (tertiary alicyclic amines) is 2. The topological polar surface area (TPSA) is 326 Å². The number of carboxylic acids is 1. The minimum absolute atomic E-state index is 0.0601. The quantitative estimate of drug-likeness (QED) is 0.0532. The number of fused-ring (bicyclic) bond motifs is 1. The Kier molecular flexibility index (Phi) is 21.6. The molecule has 2 unspecified atom stereocenters. The van der Waals surface area contributed by atoms with Gasteiger partial charge >= 0.3 is 5.97 Å². The smallest absolute Gasteiger partial charge is 0.305 e. The van der Waals surface area contributed by atoms with Crippen molar-refractivity contribution in [3.05, 3.63) is 53.8 Å². The van der Waals surface area contributed by atoms with Crippen molar-refractivity contribution in [2.75, 3.05) is 48.0 Å². The van der Waals surface area contributed by atoms with Gasteiger partial charge in [0.05, 0.1) is 39.9 Å². The number of aliphatic carboxylic acids is 1. The van der Waals surface area contributed by atoms with E-state index in [0.717, 1.165) is 0 Å². The number of nitrogens with zero attached hydrogens (tertiary/aromatic N) is 2. The van der Waals surface area contributed by atoms with Crippen molar-refractivity contribution in [3.8, 4) is 17.2 Å². The van der Waals surface area contributed by atoms with E-state index in [0.29, 0.717) is 28.9 Å². The number of benzene rings is 2. The first-order valence-electron chi connectivity index (χ1n) is 25.7. The van der Waals surface area contributed by atoms with Crippen LogP contribution in [0.2, 0.25) is 0 Å². The summed E-state index contributed by atoms with van der Waals surface area (Å²) >= 11 is 0. The van der Waals surface area contributed by atoms with Crippen molar-refractivity contribution in [1.82, 2.24) is 47.0 Å². The standard InChI is InChI=1S/C53H75N9O15/c1-27(2)20-35(58-52(72)42-22-32-15-18-41(75-9)45(76-10)44(32)77-42)48(68)55-29(5)46(66)59-37(21-31-13-16-34(74-8)17-14-31)53(73)62-19-11-12-39(62)51(71)57-36(24-43(64)65)49(69)56-30(6)47(67)60-38(28(3)4)26-61-25-33(63)23-40(61)50(70)54-7/h13-18,22,27-30,33,35-40,63H,11-12,19-21,23-26H2,1-10H3,(H,54,70)(H,55,68)(H,56,69)(H,57,71)(H,58,72)(H,59,66)(H,60,67)(H,64,65)/t29-,30-,33-,35-,36-,37-,38?,39-,40?/m0/s1. The van der Waals surface area contributed by atoms with Crippen molar-refractivity contribution in [1.29, 1.82) is 0 Å². The van der Waals surface area contributed by atoms with Crippen LogP contribution in [-0.2, 0) is 44.8 Å². The number of furan rings is 1. The number of amides is 8. The molecule has 0 spiro atoms. The van der Waals surface area contributed by atoms with E-state index in [4.69, 9.17) is 18.6 Å². The average molecular weight is 1080 g/mol. The van der Waals surface area contributed by atoms with Gasteiger partial charge in [0.1, 0.15) is 42.0 Å². The fraction of sp³-hybridized carbons (Fsp3) is 0.566. The van der Waals surface area contributed by atoms with E-state index in [2.05, 4.69) is 37.2 Å². The van der Waals surface area contributed by atoms with Gasteiger partial charge in [-0.3, -0.25) is 48.1 Å². The number of rotatable bonds is 26. The van der Waals surface area contributed by atoms with E-state index in [1.54, 1.807) is 41.3 Å². The minimum Gasteiger partial charge on any atom is -0.497 e. The van der Waals surface area contributed by atoms with E-state index in [9.17, 15) is 53.4 Å². The molecule has 0 saturated carbocycles. The van der Waals surface area contributed by atoms with E-state index in [1.807, 2.05) is 27.7 Å². The van der Waals surface area contributed by atoms with Crippen LogP contribution in [0, 0.1) is 11.8 Å². The van der Waals surface area contributed by atoms with Gasteiger partial charge in [0.25, 0.3) is 5.91 Å². The normalized spacial score (nSPS) is 18.8. The highest BCUT2D eigenvalue weighted by Crippen LogP contribution is 2.37. The highest BCUT2D eigenvalue weighted by molar-refractivity contribution is 6.01. The predicted octanol–water partition coefficient (Wildman–Crippen LogP) is 0.613. The second kappa shape index (κ2) is 27.5. The van der Waals surface area contributed by atoms with E-state index < -0.39 is 108 Å². The fourth-order valence-electron chi connectivity index (χ4n) is 9.37. The molecule has 0 radical (unpaired) electrons. The molecule has 2 aliphatic rings. The van der Waals surface area contributed by atoms with Crippen LogP contribution in [0.4, 0.5) is 0 Å². The number of methoxy groups -OCH3 is 3. The number of hydrogen-bond acceptors (Lipinski definition) is 15. The molecule has 2 saturated heterocycles. The SMILES string of the molecule is CNC(=O)C1C[C@H](O)CN1CC(NC(=O)[C@H](C)NC(=O)[C@H](CC(=O)O)NC(=O)[C@@H]1CCCN1C(=O)[C@H](Cc1ccc(OC)cc1)NC(=O)[C@H](C)NC(=O)[C@H](CC(C)C)NC(=O)c1cc2ccc(OC)c(OC)c2o1)C(C)C. The van der Waals surface area contributed by atoms with Gasteiger partial charge in [0, 0.05) is 44.5 Å². The average Bonchev–Trinajstić information content (AvgIpc) is 4.17. The Morgan fingerprint density at radius 2 is 1.38 bits per heavy atom. The molecule has 24 nitrogen and oxygen atoms in total. The molecule has 8 amide bonds. The summed E-state index contributed by atoms with van der Waals surface area (Å²) in [5.74, 6) is -6.12. The number of carboxylic acid groups (broad SMARTS) is 1. The highest BCUT2D eigenvalue weighted by Gasteiger charge is 2.41. The summed E-state index contributed by atoms with van der Waals surface area (Å²) in [6, 6.07) is 2.66. The van der Waals surface area contributed by atoms with Gasteiger partial charge in [-0.25, -0.2) is 0 Å². The molecule has 2 aliphatic heterocycles. The lowest BCUT2D eigenvalue weighted by Gasteiger charge is -2.32. The van der Waals surface area contributed by atoms with Gasteiger partial charge in [-0.2, -0.15) is 0 Å². The predicted molar refractivity (Wildman–Crippen MR) is 280 cm³/mol. The number of carbonyl (C=O) groups excluding carboxylic acids is 8. The van der Waals surface area contributed by atoms with Crippen LogP contribution in [-0.4, -0.2) is 176 Å². The number of nitrogens with one attached hydrogen (secondary N) is 7. The van der Waals surface area contributed by atoms with Crippen molar-refractivity contribution < 1.29 is 72.0 Å². The van der Waals surface area contributed by atoms with Gasteiger partial charge in [0.2, 0.25) is 47.1 Å². The summed E-state index contributed by atoms with van der Waals surface area (Å²) < 4.78 is 21.9. The number of aliphatic hydroxyl groups is 1. The van der Waals surface area contributed by atoms with Crippen LogP contribution < -0.4 is 51.4 Å². The van der Waals surface area contributed by atoms with Crippen LogP contribution in [0.3, 0.4) is 0 Å². The van der Waals surface area contributed by atoms with Gasteiger partial charge in [0.15, 0.2) is 17.1 Å². The lowest BCUT2D eigenvalue weighted by molar-refractivity contribution is -0.144. The molecule has 3 heterocycles. The molecule has 9 atom stereocenters. The van der Waals surface area contributed by atoms with Crippen molar-refractivity contribution in [2.24, 2.45) is 11.8 Å². The molecule has 0 aliphatic carbocycles. The maximum absolute atomic E-state index is 14.6. The van der Waals surface area contributed by atoms with E-state index in [1.165, 1.54) is 53.2 Å². The monoisotopic (exact) mass is 1080 g/mol. The molecule has 77 heavy (non-hydrogen) atoms. The zero-order chi connectivity index (χ0) is 56.8. The van der Waals surface area contributed by atoms with Crippen molar-refractivity contribution in [2.45, 2.75) is 135 Å². The lowest BCUT2D eigenvalue weighted by atomic mass is 10.0. The Balaban J connectivity index is 1.27. The second-order valence-electron chi connectivity index (χ2n) is 20.2. The summed E-state index contributed by atoms with van der Waals surface area (Å²) in [5, 5.41) is 39.2. The maximum Gasteiger partial charge on any atom is 0.305 e. The van der Waals surface area contributed by atoms with Crippen LogP contribution >= 0.6 is 0 Å². The molecular formula is C53H75N9O15. The Hall–Kier alpha value is -7.47. The number of ether oxygens (including phenoxy) is 3. The number of likely N-dealkylation sites (N-methyl/N-ethyl adjacent to an activating group) is 1. The fourth-order valence-corrected chi connectivity index (χ4v) is 9.37. The summed E-state index contributed by atoms with van der Waals surface area (Å²) in [6.45, 7) is 10.7. The molecule has 3 aromatic rings. The molecule has 0 bridgehead atoms. The Bertz CT molecular complexity index is 2610. The summed E-state index contributed by atoms with van der Waals surface area (Å²) in [4.78, 5) is 125. The van der Waals surface area contributed by atoms with Crippen LogP contribution in [0.5, 0.6) is 17.2 Å². The molecule has 9 N–H and O–H groups in total. The van der Waals surface area contributed by atoms with Gasteiger partial charge in [-0.05, 0) is 87.3 Å². The lowest BCUT2D eigenvalue weighted by Crippen LogP contribution is -2.60. The molecule has 5 rings (SSSR count). The summed E-state index contributed by atoms with van der Waals surface area (Å²) in [7, 11) is 5.88. The zero-order valence-corrected chi connectivity index (χ0v) is 45.4. The molecule has 422 valence electrons. The molecule has 2 fully saturated rings. The Morgan fingerprint density at radius 3 is 1.96 bits per heavy atom. The van der Waals surface area contributed by atoms with E-state index >= 15 is 0 Å². The second-order valence-corrected chi connectivity index (χ2v) is 20.2. The number of carbonyl (C=O) groups is 9. The van der Waals surface area contributed by atoms with Crippen LogP contribution in [0.1, 0.15) is 89.8 Å². The summed E-state index contributed by atoms with van der Waals surface area (Å²) in [6.07, 6.45) is -0.820. The third kappa shape index (κ3) is 16.0. The van der Waals surface area contributed by atoms with Crippen molar-refractivity contribution in [3.63, 3.8) is 0 Å². The zero-order valence-electron chi connectivity index (χ0n) is 45.4. The largest absolute Gasteiger partial charge is 0.497 e. The van der Waals surface area contributed by atoms with Crippen molar-refractivity contribution >= 4 is 64.2 Å². The Morgan fingerprint density at radius 1 is 0.727 bits per heavy atom. The first-order valence-corrected chi connectivity index (χ1v) is 25.7. The minimum atomic E-state index is -1.68. The third-order valence-electron chi connectivity index (χ3n) is 13.6. The number of β-amino-alcohol motifs (C(OH)–C–C–N with tert-alkyl or cyclic N) is 1. The van der Waals surface area contributed by atoms with Gasteiger partial charge in [-0.15, -0.1) is 0 Å². The number of hydrogen-bond donors (Lipinski definition) is 9. The molecular weight excluding hydrogens is 1000 g/mol. The van der Waals surface area contributed by atoms with Gasteiger partial charge in [-0.1, -0.05) is 39.8 Å².